The molecule has 29 heavy (non-hydrogen) atoms. The summed E-state index contributed by atoms with van der Waals surface area (Å²) in [6.45, 7) is 5.76. The number of fused-ring (bicyclic) bond motifs is 1. The van der Waals surface area contributed by atoms with Gasteiger partial charge in [-0.25, -0.2) is 4.79 Å². The predicted octanol–water partition coefficient (Wildman–Crippen LogP) is 4.38. The molecule has 1 aromatic rings. The molecular formula is C22H24ClNO5. The first kappa shape index (κ1) is 19.8. The van der Waals surface area contributed by atoms with Crippen molar-refractivity contribution in [1.82, 2.24) is 5.32 Å². The average molecular weight is 418 g/mol. The minimum atomic E-state index is -0.599. The number of esters is 1. The van der Waals surface area contributed by atoms with Crippen molar-refractivity contribution in [2.45, 2.75) is 58.5 Å². The highest BCUT2D eigenvalue weighted by atomic mass is 35.5. The smallest absolute Gasteiger partial charge is 0.337 e. The predicted molar refractivity (Wildman–Crippen MR) is 108 cm³/mol. The molecule has 0 spiro atoms. The summed E-state index contributed by atoms with van der Waals surface area (Å²) in [7, 11) is 0. The Bertz CT molecular complexity index is 949. The Morgan fingerprint density at radius 2 is 2.03 bits per heavy atom. The number of hydrogen-bond donors (Lipinski definition) is 1. The van der Waals surface area contributed by atoms with Gasteiger partial charge >= 0.3 is 5.97 Å². The average Bonchev–Trinajstić information content (AvgIpc) is 3.13. The van der Waals surface area contributed by atoms with Crippen LogP contribution in [0.1, 0.15) is 57.9 Å². The molecule has 2 heterocycles. The first-order valence-electron chi connectivity index (χ1n) is 9.94. The minimum absolute atomic E-state index is 0.0267. The van der Waals surface area contributed by atoms with Gasteiger partial charge in [-0.1, -0.05) is 18.5 Å². The van der Waals surface area contributed by atoms with E-state index in [1.54, 1.807) is 12.1 Å². The number of benzene rings is 1. The van der Waals surface area contributed by atoms with E-state index in [0.717, 1.165) is 18.5 Å². The van der Waals surface area contributed by atoms with Crippen LogP contribution in [0.5, 0.6) is 11.5 Å². The van der Waals surface area contributed by atoms with Gasteiger partial charge in [-0.2, -0.15) is 0 Å². The van der Waals surface area contributed by atoms with Crippen molar-refractivity contribution in [2.75, 3.05) is 6.79 Å². The van der Waals surface area contributed by atoms with Gasteiger partial charge in [0.1, 0.15) is 0 Å². The lowest BCUT2D eigenvalue weighted by atomic mass is 9.75. The second-order valence-electron chi connectivity index (χ2n) is 7.62. The molecule has 1 aromatic carbocycles. The fraction of sp³-hybridized carbons (Fsp3) is 0.455. The monoisotopic (exact) mass is 417 g/mol. The van der Waals surface area contributed by atoms with Crippen LogP contribution in [0, 0.1) is 0 Å². The molecule has 0 saturated carbocycles. The summed E-state index contributed by atoms with van der Waals surface area (Å²) >= 11 is 6.61. The van der Waals surface area contributed by atoms with Gasteiger partial charge in [-0.15, -0.1) is 0 Å². The molecule has 1 aliphatic carbocycles. The Labute approximate surface area is 174 Å². The molecule has 0 radical (unpaired) electrons. The molecule has 0 fully saturated rings. The highest BCUT2D eigenvalue weighted by Gasteiger charge is 2.41. The number of allylic oxidation sites excluding steroid dienone is 3. The lowest BCUT2D eigenvalue weighted by Crippen LogP contribution is -2.35. The zero-order chi connectivity index (χ0) is 20.7. The van der Waals surface area contributed by atoms with Crippen LogP contribution >= 0.6 is 11.6 Å². The van der Waals surface area contributed by atoms with E-state index in [2.05, 4.69) is 5.32 Å². The molecule has 0 unspecified atom stereocenters. The SMILES string of the molecule is CC[C@@H](C)OC(=O)C1=C(C)NC2=C(C(=O)CCC2)[C@H]1c1cc2c(cc1Cl)OCO2. The van der Waals surface area contributed by atoms with Crippen molar-refractivity contribution in [3.05, 3.63) is 45.3 Å². The molecule has 2 aliphatic heterocycles. The van der Waals surface area contributed by atoms with Crippen molar-refractivity contribution >= 4 is 23.4 Å². The second-order valence-corrected chi connectivity index (χ2v) is 8.02. The van der Waals surface area contributed by atoms with E-state index in [1.807, 2.05) is 20.8 Å². The normalized spacial score (nSPS) is 21.7. The van der Waals surface area contributed by atoms with Crippen LogP contribution in [0.15, 0.2) is 34.7 Å². The Morgan fingerprint density at radius 1 is 1.31 bits per heavy atom. The summed E-state index contributed by atoms with van der Waals surface area (Å²) in [4.78, 5) is 26.1. The van der Waals surface area contributed by atoms with Crippen LogP contribution in [0.4, 0.5) is 0 Å². The number of Topliss-reactive ketones (excluding diaryl/α,β-unsaturated/α-hetero) is 1. The molecule has 1 N–H and O–H groups in total. The quantitative estimate of drug-likeness (QED) is 0.733. The number of ether oxygens (including phenoxy) is 3. The largest absolute Gasteiger partial charge is 0.459 e. The highest BCUT2D eigenvalue weighted by molar-refractivity contribution is 6.32. The lowest BCUT2D eigenvalue weighted by Gasteiger charge is -2.34. The van der Waals surface area contributed by atoms with Gasteiger partial charge in [0.05, 0.1) is 11.7 Å². The molecule has 7 heteroatoms. The summed E-state index contributed by atoms with van der Waals surface area (Å²) in [5.41, 5.74) is 3.21. The van der Waals surface area contributed by atoms with Crippen LogP contribution < -0.4 is 14.8 Å². The van der Waals surface area contributed by atoms with Crippen molar-refractivity contribution < 1.29 is 23.8 Å². The molecule has 6 nitrogen and oxygen atoms in total. The maximum absolute atomic E-state index is 13.1. The summed E-state index contributed by atoms with van der Waals surface area (Å²) in [6, 6.07) is 3.46. The number of carbonyl (C=O) groups is 2. The molecule has 4 rings (SSSR count). The lowest BCUT2D eigenvalue weighted by molar-refractivity contribution is -0.144. The Hall–Kier alpha value is -2.47. The van der Waals surface area contributed by atoms with Crippen molar-refractivity contribution in [1.29, 1.82) is 0 Å². The maximum atomic E-state index is 13.1. The van der Waals surface area contributed by atoms with Crippen molar-refractivity contribution in [3.8, 4) is 11.5 Å². The zero-order valence-electron chi connectivity index (χ0n) is 16.8. The fourth-order valence-corrected chi connectivity index (χ4v) is 4.31. The third-order valence-electron chi connectivity index (χ3n) is 5.68. The second kappa shape index (κ2) is 7.75. The number of hydrogen-bond acceptors (Lipinski definition) is 6. The van der Waals surface area contributed by atoms with E-state index in [9.17, 15) is 9.59 Å². The molecule has 0 saturated heterocycles. The highest BCUT2D eigenvalue weighted by Crippen LogP contribution is 2.48. The van der Waals surface area contributed by atoms with E-state index < -0.39 is 11.9 Å². The third kappa shape index (κ3) is 3.50. The van der Waals surface area contributed by atoms with Crippen LogP contribution in [0.3, 0.4) is 0 Å². The van der Waals surface area contributed by atoms with Gasteiger partial charge in [0.25, 0.3) is 0 Å². The van der Waals surface area contributed by atoms with Crippen LogP contribution in [-0.2, 0) is 14.3 Å². The van der Waals surface area contributed by atoms with E-state index in [4.69, 9.17) is 25.8 Å². The fourth-order valence-electron chi connectivity index (χ4n) is 4.05. The number of nitrogens with one attached hydrogen (secondary N) is 1. The number of dihydropyridines is 1. The van der Waals surface area contributed by atoms with Crippen LogP contribution in [-0.4, -0.2) is 24.6 Å². The minimum Gasteiger partial charge on any atom is -0.459 e. The van der Waals surface area contributed by atoms with E-state index in [-0.39, 0.29) is 18.7 Å². The van der Waals surface area contributed by atoms with Crippen molar-refractivity contribution in [3.63, 3.8) is 0 Å². The number of halogens is 1. The first-order valence-corrected chi connectivity index (χ1v) is 10.3. The van der Waals surface area contributed by atoms with Crippen LogP contribution in [0.25, 0.3) is 0 Å². The molecular weight excluding hydrogens is 394 g/mol. The molecule has 0 bridgehead atoms. The number of rotatable bonds is 4. The number of ketones is 1. The summed E-state index contributed by atoms with van der Waals surface area (Å²) in [5.74, 6) is 0.103. The Balaban J connectivity index is 1.86. The number of carbonyl (C=O) groups excluding carboxylic acids is 2. The molecule has 2 atom stereocenters. The van der Waals surface area contributed by atoms with E-state index in [1.165, 1.54) is 0 Å². The molecule has 3 aliphatic rings. The molecule has 0 amide bonds. The Kier molecular flexibility index (Phi) is 5.30. The van der Waals surface area contributed by atoms with Gasteiger partial charge in [0.2, 0.25) is 6.79 Å². The van der Waals surface area contributed by atoms with Gasteiger partial charge in [-0.3, -0.25) is 4.79 Å². The summed E-state index contributed by atoms with van der Waals surface area (Å²) in [5, 5.41) is 3.71. The van der Waals surface area contributed by atoms with Gasteiger partial charge in [0.15, 0.2) is 17.3 Å². The molecule has 154 valence electrons. The van der Waals surface area contributed by atoms with Gasteiger partial charge in [0, 0.05) is 40.4 Å². The Morgan fingerprint density at radius 3 is 2.76 bits per heavy atom. The summed E-state index contributed by atoms with van der Waals surface area (Å²) in [6.07, 6.45) is 2.46. The molecule has 0 aromatic heterocycles. The van der Waals surface area contributed by atoms with Gasteiger partial charge in [-0.05, 0) is 44.7 Å². The van der Waals surface area contributed by atoms with Crippen LogP contribution in [0.2, 0.25) is 5.02 Å². The van der Waals surface area contributed by atoms with E-state index in [0.29, 0.717) is 51.8 Å². The summed E-state index contributed by atoms with van der Waals surface area (Å²) < 4.78 is 16.6. The van der Waals surface area contributed by atoms with Crippen molar-refractivity contribution in [2.24, 2.45) is 0 Å². The zero-order valence-corrected chi connectivity index (χ0v) is 17.5. The third-order valence-corrected chi connectivity index (χ3v) is 6.01. The van der Waals surface area contributed by atoms with E-state index >= 15 is 0 Å². The van der Waals surface area contributed by atoms with Gasteiger partial charge < -0.3 is 19.5 Å². The topological polar surface area (TPSA) is 73.9 Å². The maximum Gasteiger partial charge on any atom is 0.337 e. The standard InChI is InChI=1S/C22H24ClNO5/c1-4-11(2)29-22(26)19-12(3)24-15-6-5-7-16(25)21(15)20(19)13-8-17-18(9-14(13)23)28-10-27-17/h8-9,11,20,24H,4-7,10H2,1-3H3/t11-,20+/m1/s1. The first-order chi connectivity index (χ1) is 13.9.